The van der Waals surface area contributed by atoms with Crippen LogP contribution in [-0.2, 0) is 0 Å². The van der Waals surface area contributed by atoms with Crippen molar-refractivity contribution in [2.45, 2.75) is 6.92 Å². The van der Waals surface area contributed by atoms with Crippen LogP contribution in [0.5, 0.6) is 23.0 Å². The first-order valence-corrected chi connectivity index (χ1v) is 8.14. The molecule has 0 bridgehead atoms. The summed E-state index contributed by atoms with van der Waals surface area (Å²) in [6, 6.07) is 9.82. The molecule has 0 aliphatic heterocycles. The Hall–Kier alpha value is -2.72. The van der Waals surface area contributed by atoms with E-state index in [9.17, 15) is 4.79 Å². The summed E-state index contributed by atoms with van der Waals surface area (Å²) in [7, 11) is 3.00. The van der Waals surface area contributed by atoms with Crippen LogP contribution in [0.25, 0.3) is 0 Å². The van der Waals surface area contributed by atoms with Crippen molar-refractivity contribution >= 4 is 21.9 Å². The van der Waals surface area contributed by atoms with E-state index >= 15 is 0 Å². The average molecular weight is 406 g/mol. The van der Waals surface area contributed by atoms with Gasteiger partial charge in [0.15, 0.2) is 23.0 Å². The van der Waals surface area contributed by atoms with Gasteiger partial charge in [-0.2, -0.15) is 5.26 Å². The number of benzene rings is 2. The summed E-state index contributed by atoms with van der Waals surface area (Å²) in [5.41, 5.74) is 0.678. The van der Waals surface area contributed by atoms with Crippen LogP contribution in [0.2, 0.25) is 0 Å². The average Bonchev–Trinajstić information content (AvgIpc) is 2.63. The van der Waals surface area contributed by atoms with Crippen LogP contribution in [0.4, 0.5) is 0 Å². The first-order valence-electron chi connectivity index (χ1n) is 7.34. The van der Waals surface area contributed by atoms with E-state index in [1.54, 1.807) is 25.1 Å². The minimum atomic E-state index is -0.590. The molecule has 0 spiro atoms. The summed E-state index contributed by atoms with van der Waals surface area (Å²) in [5.74, 6) is 0.852. The van der Waals surface area contributed by atoms with Gasteiger partial charge in [0.05, 0.1) is 42.5 Å². The molecule has 0 saturated heterocycles. The second kappa shape index (κ2) is 8.40. The number of nitriles is 1. The molecule has 0 aliphatic rings. The number of ether oxygens (including phenoxy) is 4. The van der Waals surface area contributed by atoms with Crippen molar-refractivity contribution in [2.75, 3.05) is 20.8 Å². The van der Waals surface area contributed by atoms with E-state index in [4.69, 9.17) is 24.2 Å². The van der Waals surface area contributed by atoms with E-state index < -0.39 is 5.97 Å². The maximum Gasteiger partial charge on any atom is 0.343 e. The molecule has 2 aromatic carbocycles. The molecule has 7 heteroatoms. The van der Waals surface area contributed by atoms with Crippen LogP contribution in [0, 0.1) is 11.3 Å². The summed E-state index contributed by atoms with van der Waals surface area (Å²) in [6.45, 7) is 2.16. The molecule has 0 radical (unpaired) electrons. The first-order chi connectivity index (χ1) is 12.0. The SMILES string of the molecule is CCOc1cc(C#N)cc(Br)c1OC(=O)c1ccc(OC)c(OC)c1. The number of rotatable bonds is 6. The summed E-state index contributed by atoms with van der Waals surface area (Å²) >= 11 is 3.31. The van der Waals surface area contributed by atoms with Gasteiger partial charge in [0.1, 0.15) is 0 Å². The smallest absolute Gasteiger partial charge is 0.343 e. The minimum Gasteiger partial charge on any atom is -0.493 e. The fourth-order valence-corrected chi connectivity index (χ4v) is 2.63. The third-order valence-corrected chi connectivity index (χ3v) is 3.84. The molecule has 0 N–H and O–H groups in total. The number of carbonyl (C=O) groups is 1. The quantitative estimate of drug-likeness (QED) is 0.534. The lowest BCUT2D eigenvalue weighted by Crippen LogP contribution is -2.10. The maximum absolute atomic E-state index is 12.5. The number of carbonyl (C=O) groups excluding carboxylic acids is 1. The Balaban J connectivity index is 2.36. The second-order valence-corrected chi connectivity index (χ2v) is 5.64. The lowest BCUT2D eigenvalue weighted by molar-refractivity contribution is 0.0726. The highest BCUT2D eigenvalue weighted by Gasteiger charge is 2.18. The van der Waals surface area contributed by atoms with Crippen molar-refractivity contribution in [3.63, 3.8) is 0 Å². The zero-order valence-corrected chi connectivity index (χ0v) is 15.5. The predicted octanol–water partition coefficient (Wildman–Crippen LogP) is 3.96. The van der Waals surface area contributed by atoms with Crippen LogP contribution in [0.1, 0.15) is 22.8 Å². The van der Waals surface area contributed by atoms with Crippen LogP contribution >= 0.6 is 15.9 Å². The maximum atomic E-state index is 12.5. The fourth-order valence-electron chi connectivity index (χ4n) is 2.11. The Morgan fingerprint density at radius 3 is 2.44 bits per heavy atom. The van der Waals surface area contributed by atoms with Gasteiger partial charge >= 0.3 is 5.97 Å². The van der Waals surface area contributed by atoms with Crippen molar-refractivity contribution in [3.05, 3.63) is 45.9 Å². The number of nitrogens with zero attached hydrogens (tertiary/aromatic N) is 1. The molecule has 6 nitrogen and oxygen atoms in total. The molecule has 0 saturated carbocycles. The zero-order valence-electron chi connectivity index (χ0n) is 14.0. The molecule has 0 fully saturated rings. The molecular formula is C18H16BrNO5. The van der Waals surface area contributed by atoms with Gasteiger partial charge in [-0.25, -0.2) is 4.79 Å². The summed E-state index contributed by atoms with van der Waals surface area (Å²) in [4.78, 5) is 12.5. The van der Waals surface area contributed by atoms with E-state index in [-0.39, 0.29) is 11.3 Å². The number of hydrogen-bond donors (Lipinski definition) is 0. The van der Waals surface area contributed by atoms with Crippen molar-refractivity contribution in [2.24, 2.45) is 0 Å². The Kier molecular flexibility index (Phi) is 6.25. The Morgan fingerprint density at radius 2 is 1.84 bits per heavy atom. The van der Waals surface area contributed by atoms with Crippen molar-refractivity contribution in [3.8, 4) is 29.1 Å². The highest BCUT2D eigenvalue weighted by atomic mass is 79.9. The first kappa shape index (κ1) is 18.6. The molecule has 130 valence electrons. The van der Waals surface area contributed by atoms with E-state index in [0.717, 1.165) is 0 Å². The van der Waals surface area contributed by atoms with Crippen molar-refractivity contribution in [1.82, 2.24) is 0 Å². The molecule has 0 aromatic heterocycles. The van der Waals surface area contributed by atoms with Gasteiger partial charge < -0.3 is 18.9 Å². The molecule has 2 rings (SSSR count). The summed E-state index contributed by atoms with van der Waals surface area (Å²) in [5, 5.41) is 9.05. The van der Waals surface area contributed by atoms with Gasteiger partial charge in [-0.15, -0.1) is 0 Å². The Labute approximate surface area is 154 Å². The van der Waals surface area contributed by atoms with Gasteiger partial charge in [-0.3, -0.25) is 0 Å². The summed E-state index contributed by atoms with van der Waals surface area (Å²) in [6.07, 6.45) is 0. The monoisotopic (exact) mass is 405 g/mol. The third kappa shape index (κ3) is 4.22. The lowest BCUT2D eigenvalue weighted by atomic mass is 10.2. The minimum absolute atomic E-state index is 0.209. The standard InChI is InChI=1S/C18H16BrNO5/c1-4-24-16-8-11(10-20)7-13(19)17(16)25-18(21)12-5-6-14(22-2)15(9-12)23-3/h5-9H,4H2,1-3H3. The zero-order chi connectivity index (χ0) is 18.4. The van der Waals surface area contributed by atoms with E-state index in [1.165, 1.54) is 26.4 Å². The lowest BCUT2D eigenvalue weighted by Gasteiger charge is -2.13. The van der Waals surface area contributed by atoms with E-state index in [0.29, 0.717) is 33.9 Å². The number of esters is 1. The van der Waals surface area contributed by atoms with Gasteiger partial charge in [0.2, 0.25) is 0 Å². The fraction of sp³-hybridized carbons (Fsp3) is 0.222. The van der Waals surface area contributed by atoms with Gasteiger partial charge in [0.25, 0.3) is 0 Å². The normalized spacial score (nSPS) is 9.88. The molecule has 0 aliphatic carbocycles. The van der Waals surface area contributed by atoms with Crippen LogP contribution in [-0.4, -0.2) is 26.8 Å². The largest absolute Gasteiger partial charge is 0.493 e. The van der Waals surface area contributed by atoms with Crippen LogP contribution in [0.3, 0.4) is 0 Å². The Morgan fingerprint density at radius 1 is 1.12 bits per heavy atom. The van der Waals surface area contributed by atoms with Crippen molar-refractivity contribution in [1.29, 1.82) is 5.26 Å². The molecule has 2 aromatic rings. The number of methoxy groups -OCH3 is 2. The van der Waals surface area contributed by atoms with Crippen molar-refractivity contribution < 1.29 is 23.7 Å². The summed E-state index contributed by atoms with van der Waals surface area (Å²) < 4.78 is 21.7. The number of halogens is 1. The van der Waals surface area contributed by atoms with Gasteiger partial charge in [-0.05, 0) is 47.1 Å². The highest BCUT2D eigenvalue weighted by molar-refractivity contribution is 9.10. The topological polar surface area (TPSA) is 77.8 Å². The molecule has 0 amide bonds. The van der Waals surface area contributed by atoms with Crippen LogP contribution < -0.4 is 18.9 Å². The third-order valence-electron chi connectivity index (χ3n) is 3.25. The number of hydrogen-bond acceptors (Lipinski definition) is 6. The molecule has 25 heavy (non-hydrogen) atoms. The van der Waals surface area contributed by atoms with E-state index in [2.05, 4.69) is 15.9 Å². The second-order valence-electron chi connectivity index (χ2n) is 4.79. The molecular weight excluding hydrogens is 390 g/mol. The van der Waals surface area contributed by atoms with Gasteiger partial charge in [0, 0.05) is 6.07 Å². The molecule has 0 atom stereocenters. The highest BCUT2D eigenvalue weighted by Crippen LogP contribution is 2.37. The van der Waals surface area contributed by atoms with E-state index in [1.807, 2.05) is 6.07 Å². The predicted molar refractivity (Wildman–Crippen MR) is 94.5 cm³/mol. The Bertz CT molecular complexity index is 829. The molecule has 0 heterocycles. The van der Waals surface area contributed by atoms with Gasteiger partial charge in [-0.1, -0.05) is 0 Å². The van der Waals surface area contributed by atoms with Crippen LogP contribution in [0.15, 0.2) is 34.8 Å². The molecule has 0 unspecified atom stereocenters.